The van der Waals surface area contributed by atoms with Gasteiger partial charge < -0.3 is 19.7 Å². The van der Waals surface area contributed by atoms with Gasteiger partial charge in [-0.05, 0) is 38.4 Å². The van der Waals surface area contributed by atoms with Crippen LogP contribution in [-0.2, 0) is 4.79 Å². The number of ether oxygens (including phenoxy) is 2. The number of likely N-dealkylation sites (tertiary alicyclic amines) is 1. The van der Waals surface area contributed by atoms with Crippen LogP contribution in [0.25, 0.3) is 10.9 Å². The molecule has 0 spiro atoms. The molecule has 170 valence electrons. The van der Waals surface area contributed by atoms with Crippen molar-refractivity contribution >= 4 is 28.3 Å². The number of carbonyl (C=O) groups excluding carboxylic acids is 1. The molecule has 1 amide bonds. The van der Waals surface area contributed by atoms with Crippen LogP contribution in [0.3, 0.4) is 0 Å². The quantitative estimate of drug-likeness (QED) is 0.490. The smallest absolute Gasteiger partial charge is 0.236 e. The molecular weight excluding hydrogens is 410 g/mol. The van der Waals surface area contributed by atoms with E-state index in [9.17, 15) is 4.79 Å². The van der Waals surface area contributed by atoms with Crippen molar-refractivity contribution in [2.75, 3.05) is 44.1 Å². The van der Waals surface area contributed by atoms with Gasteiger partial charge in [-0.3, -0.25) is 4.79 Å². The van der Waals surface area contributed by atoms with Gasteiger partial charge in [-0.2, -0.15) is 9.89 Å². The molecule has 10 nitrogen and oxygen atoms in total. The van der Waals surface area contributed by atoms with Crippen LogP contribution < -0.4 is 20.2 Å². The molecule has 1 fully saturated rings. The second kappa shape index (κ2) is 10.3. The number of carbonyl (C=O) groups is 1. The lowest BCUT2D eigenvalue weighted by Gasteiger charge is -2.26. The van der Waals surface area contributed by atoms with Gasteiger partial charge in [-0.1, -0.05) is 6.42 Å². The summed E-state index contributed by atoms with van der Waals surface area (Å²) in [5.74, 6) is 1.69. The fourth-order valence-corrected chi connectivity index (χ4v) is 3.84. The number of piperidine rings is 1. The number of aromatic nitrogens is 4. The summed E-state index contributed by atoms with van der Waals surface area (Å²) >= 11 is 0. The third-order valence-corrected chi connectivity index (χ3v) is 5.36. The van der Waals surface area contributed by atoms with Crippen LogP contribution in [0.2, 0.25) is 0 Å². The van der Waals surface area contributed by atoms with Gasteiger partial charge in [0.1, 0.15) is 12.1 Å². The highest BCUT2D eigenvalue weighted by Gasteiger charge is 2.14. The van der Waals surface area contributed by atoms with Gasteiger partial charge in [0, 0.05) is 24.9 Å². The van der Waals surface area contributed by atoms with Gasteiger partial charge in [0.15, 0.2) is 11.5 Å². The first-order valence-corrected chi connectivity index (χ1v) is 10.9. The number of methoxy groups -OCH3 is 1. The molecule has 4 rings (SSSR count). The zero-order valence-electron chi connectivity index (χ0n) is 18.5. The van der Waals surface area contributed by atoms with Crippen LogP contribution in [0.1, 0.15) is 32.6 Å². The van der Waals surface area contributed by atoms with Crippen LogP contribution in [0.15, 0.2) is 30.9 Å². The molecule has 2 N–H and O–H groups in total. The molecule has 1 aliphatic heterocycles. The summed E-state index contributed by atoms with van der Waals surface area (Å²) in [4.78, 5) is 23.8. The minimum absolute atomic E-state index is 0.208. The maximum atomic E-state index is 11.2. The van der Waals surface area contributed by atoms with Gasteiger partial charge in [-0.25, -0.2) is 15.4 Å². The van der Waals surface area contributed by atoms with Gasteiger partial charge in [-0.15, -0.1) is 0 Å². The molecule has 1 aliphatic rings. The van der Waals surface area contributed by atoms with E-state index in [1.54, 1.807) is 19.5 Å². The molecule has 0 radical (unpaired) electrons. The Balaban J connectivity index is 1.45. The average Bonchev–Trinajstić information content (AvgIpc) is 3.23. The van der Waals surface area contributed by atoms with Crippen LogP contribution >= 0.6 is 0 Å². The molecule has 0 aliphatic carbocycles. The van der Waals surface area contributed by atoms with Gasteiger partial charge in [0.05, 0.1) is 37.3 Å². The van der Waals surface area contributed by atoms with Crippen LogP contribution in [-0.4, -0.2) is 64.0 Å². The van der Waals surface area contributed by atoms with Crippen molar-refractivity contribution in [3.63, 3.8) is 0 Å². The monoisotopic (exact) mass is 439 g/mol. The molecule has 1 saturated heterocycles. The number of benzene rings is 1. The lowest BCUT2D eigenvalue weighted by atomic mass is 10.1. The number of fused-ring (bicyclic) bond motifs is 1. The third-order valence-electron chi connectivity index (χ3n) is 5.36. The summed E-state index contributed by atoms with van der Waals surface area (Å²) in [5.41, 5.74) is 3.99. The topological polar surface area (TPSA) is 106 Å². The van der Waals surface area contributed by atoms with E-state index in [-0.39, 0.29) is 5.91 Å². The summed E-state index contributed by atoms with van der Waals surface area (Å²) in [5, 5.41) is 8.09. The number of hydrogen-bond donors (Lipinski definition) is 2. The first-order chi connectivity index (χ1) is 15.6. The van der Waals surface area contributed by atoms with E-state index in [1.165, 1.54) is 50.4 Å². The fraction of sp³-hybridized carbons (Fsp3) is 0.455. The minimum Gasteiger partial charge on any atom is -0.493 e. The number of anilines is 2. The van der Waals surface area contributed by atoms with Crippen molar-refractivity contribution in [3.8, 4) is 11.5 Å². The van der Waals surface area contributed by atoms with Gasteiger partial charge in [0.2, 0.25) is 5.91 Å². The first kappa shape index (κ1) is 21.8. The number of hydrogen-bond acceptors (Lipinski definition) is 8. The van der Waals surface area contributed by atoms with Gasteiger partial charge >= 0.3 is 0 Å². The predicted octanol–water partition coefficient (Wildman–Crippen LogP) is 2.92. The number of rotatable bonds is 9. The summed E-state index contributed by atoms with van der Waals surface area (Å²) in [6, 6.07) is 3.75. The lowest BCUT2D eigenvalue weighted by molar-refractivity contribution is -0.115. The predicted molar refractivity (Wildman–Crippen MR) is 122 cm³/mol. The Morgan fingerprint density at radius 3 is 2.78 bits per heavy atom. The maximum Gasteiger partial charge on any atom is 0.236 e. The Morgan fingerprint density at radius 2 is 2.00 bits per heavy atom. The highest BCUT2D eigenvalue weighted by atomic mass is 16.5. The van der Waals surface area contributed by atoms with E-state index in [1.807, 2.05) is 12.1 Å². The number of nitrogens with zero attached hydrogens (tertiary/aromatic N) is 5. The van der Waals surface area contributed by atoms with Crippen molar-refractivity contribution in [3.05, 3.63) is 30.9 Å². The van der Waals surface area contributed by atoms with Crippen molar-refractivity contribution in [1.29, 1.82) is 0 Å². The molecule has 2 aromatic heterocycles. The van der Waals surface area contributed by atoms with E-state index in [0.29, 0.717) is 29.6 Å². The summed E-state index contributed by atoms with van der Waals surface area (Å²) in [7, 11) is 1.62. The molecule has 1 aromatic carbocycles. The van der Waals surface area contributed by atoms with E-state index in [4.69, 9.17) is 9.47 Å². The Bertz CT molecular complexity index is 1060. The Labute approximate surface area is 186 Å². The molecule has 0 unspecified atom stereocenters. The molecule has 3 heterocycles. The number of nitrogens with one attached hydrogen (secondary N) is 2. The van der Waals surface area contributed by atoms with Gasteiger partial charge in [0.25, 0.3) is 0 Å². The SMILES string of the molecule is COc1cc2c(Nc3cnn(NC(C)=O)c3)ncnc2cc1OCCCN1CCCCC1. The molecule has 10 heteroatoms. The van der Waals surface area contributed by atoms with Crippen molar-refractivity contribution in [1.82, 2.24) is 24.8 Å². The molecule has 0 saturated carbocycles. The molecule has 3 aromatic rings. The fourth-order valence-electron chi connectivity index (χ4n) is 3.84. The highest BCUT2D eigenvalue weighted by Crippen LogP contribution is 2.34. The molecule has 0 bridgehead atoms. The Hall–Kier alpha value is -3.40. The molecule has 32 heavy (non-hydrogen) atoms. The first-order valence-electron chi connectivity index (χ1n) is 10.9. The van der Waals surface area contributed by atoms with Crippen LogP contribution in [0.5, 0.6) is 11.5 Å². The zero-order chi connectivity index (χ0) is 22.3. The molecule has 0 atom stereocenters. The van der Waals surface area contributed by atoms with Crippen molar-refractivity contribution < 1.29 is 14.3 Å². The average molecular weight is 440 g/mol. The Morgan fingerprint density at radius 1 is 1.16 bits per heavy atom. The minimum atomic E-state index is -0.208. The summed E-state index contributed by atoms with van der Waals surface area (Å²) < 4.78 is 11.6. The van der Waals surface area contributed by atoms with E-state index >= 15 is 0 Å². The maximum absolute atomic E-state index is 11.2. The second-order valence-electron chi connectivity index (χ2n) is 7.81. The summed E-state index contributed by atoms with van der Waals surface area (Å²) in [6.45, 7) is 5.48. The summed E-state index contributed by atoms with van der Waals surface area (Å²) in [6.07, 6.45) is 9.66. The van der Waals surface area contributed by atoms with Crippen LogP contribution in [0, 0.1) is 0 Å². The van der Waals surface area contributed by atoms with Crippen LogP contribution in [0.4, 0.5) is 11.5 Å². The van der Waals surface area contributed by atoms with E-state index in [2.05, 4.69) is 30.7 Å². The lowest BCUT2D eigenvalue weighted by Crippen LogP contribution is -2.31. The highest BCUT2D eigenvalue weighted by molar-refractivity contribution is 5.93. The molecular formula is C22H29N7O3. The zero-order valence-corrected chi connectivity index (χ0v) is 18.5. The Kier molecular flexibility index (Phi) is 7.00. The van der Waals surface area contributed by atoms with Crippen molar-refractivity contribution in [2.45, 2.75) is 32.6 Å². The van der Waals surface area contributed by atoms with E-state index < -0.39 is 0 Å². The number of amides is 1. The standard InChI is InChI=1S/C22H29N7O3/c1-16(30)27-29-14-17(13-25-29)26-22-18-11-20(31-2)21(12-19(18)23-15-24-22)32-10-6-9-28-7-4-3-5-8-28/h11-15H,3-10H2,1-2H3,(H,27,30)(H,23,24,26). The third kappa shape index (κ3) is 5.44. The second-order valence-corrected chi connectivity index (χ2v) is 7.81. The normalized spacial score (nSPS) is 14.3. The largest absolute Gasteiger partial charge is 0.493 e. The van der Waals surface area contributed by atoms with Crippen molar-refractivity contribution in [2.24, 2.45) is 0 Å². The van der Waals surface area contributed by atoms with E-state index in [0.717, 1.165) is 23.9 Å².